The van der Waals surface area contributed by atoms with E-state index in [4.69, 9.17) is 19.0 Å². The van der Waals surface area contributed by atoms with Gasteiger partial charge in [0.1, 0.15) is 5.92 Å². The summed E-state index contributed by atoms with van der Waals surface area (Å²) in [4.78, 5) is 5.58. The van der Waals surface area contributed by atoms with Crippen molar-refractivity contribution in [3.8, 4) is 0 Å². The predicted molar refractivity (Wildman–Crippen MR) is 78.2 cm³/mol. The number of hydrogen-bond donors (Lipinski definition) is 0. The molecule has 0 bridgehead atoms. The molecular formula is C16H21NO4. The van der Waals surface area contributed by atoms with E-state index < -0.39 is 12.6 Å². The Morgan fingerprint density at radius 2 is 1.62 bits per heavy atom. The van der Waals surface area contributed by atoms with Crippen molar-refractivity contribution in [1.29, 1.82) is 0 Å². The molecule has 0 N–H and O–H groups in total. The van der Waals surface area contributed by atoms with Gasteiger partial charge >= 0.3 is 0 Å². The maximum absolute atomic E-state index is 5.73. The number of nitrogens with zero attached hydrogens (tertiary/aromatic N) is 1. The van der Waals surface area contributed by atoms with Gasteiger partial charge in [-0.1, -0.05) is 22.9 Å². The topological polar surface area (TPSA) is 49.3 Å². The second kappa shape index (κ2) is 5.40. The van der Waals surface area contributed by atoms with Gasteiger partial charge in [-0.05, 0) is 31.9 Å². The van der Waals surface area contributed by atoms with Gasteiger partial charge in [-0.25, -0.2) is 0 Å². The molecule has 5 heteroatoms. The summed E-state index contributed by atoms with van der Waals surface area (Å²) in [6, 6.07) is 4.31. The zero-order chi connectivity index (χ0) is 15.1. The van der Waals surface area contributed by atoms with Gasteiger partial charge in [-0.2, -0.15) is 0 Å². The Balaban J connectivity index is 2.01. The average Bonchev–Trinajstić information content (AvgIpc) is 2.98. The molecule has 114 valence electrons. The van der Waals surface area contributed by atoms with Crippen molar-refractivity contribution in [1.82, 2.24) is 0 Å². The molecule has 2 aliphatic rings. The van der Waals surface area contributed by atoms with Gasteiger partial charge in [0.05, 0.1) is 5.71 Å². The number of ether oxygens (including phenoxy) is 3. The standard InChI is InChI=1S/C16H21NO4/c1-8-6-9(2)11(10(3)7-8)13-12-14(21-17-13)16(19-5)20-15(12)18-4/h6-7,12,14-16H,1-5H3/t12-,14+,15-,16+/m1/s1. The van der Waals surface area contributed by atoms with Crippen molar-refractivity contribution in [2.24, 2.45) is 11.1 Å². The third-order valence-electron chi connectivity index (χ3n) is 4.17. The molecule has 1 aromatic rings. The summed E-state index contributed by atoms with van der Waals surface area (Å²) in [5.41, 5.74) is 5.62. The van der Waals surface area contributed by atoms with Gasteiger partial charge in [0, 0.05) is 19.8 Å². The van der Waals surface area contributed by atoms with Crippen LogP contribution in [0.3, 0.4) is 0 Å². The highest BCUT2D eigenvalue weighted by atomic mass is 16.8. The van der Waals surface area contributed by atoms with Crippen molar-refractivity contribution < 1.29 is 19.0 Å². The van der Waals surface area contributed by atoms with Crippen LogP contribution in [-0.4, -0.2) is 38.6 Å². The van der Waals surface area contributed by atoms with Crippen LogP contribution in [0.15, 0.2) is 17.3 Å². The van der Waals surface area contributed by atoms with E-state index in [1.807, 2.05) is 0 Å². The highest BCUT2D eigenvalue weighted by Gasteiger charge is 2.54. The number of methoxy groups -OCH3 is 2. The smallest absolute Gasteiger partial charge is 0.200 e. The molecule has 2 aliphatic heterocycles. The minimum absolute atomic E-state index is 0.0694. The Hall–Kier alpha value is -1.43. The van der Waals surface area contributed by atoms with E-state index in [0.717, 1.165) is 11.3 Å². The molecule has 0 spiro atoms. The zero-order valence-corrected chi connectivity index (χ0v) is 13.0. The summed E-state index contributed by atoms with van der Waals surface area (Å²) in [5.74, 6) is -0.0694. The first kappa shape index (κ1) is 14.5. The number of rotatable bonds is 3. The highest BCUT2D eigenvalue weighted by Crippen LogP contribution is 2.39. The third-order valence-corrected chi connectivity index (χ3v) is 4.17. The van der Waals surface area contributed by atoms with Crippen LogP contribution >= 0.6 is 0 Å². The van der Waals surface area contributed by atoms with E-state index in [0.29, 0.717) is 0 Å². The summed E-state index contributed by atoms with van der Waals surface area (Å²) < 4.78 is 16.5. The van der Waals surface area contributed by atoms with Gasteiger partial charge in [0.2, 0.25) is 6.29 Å². The molecule has 5 nitrogen and oxygen atoms in total. The molecule has 3 rings (SSSR count). The van der Waals surface area contributed by atoms with Gasteiger partial charge in [0.25, 0.3) is 0 Å². The molecular weight excluding hydrogens is 270 g/mol. The monoisotopic (exact) mass is 291 g/mol. The maximum Gasteiger partial charge on any atom is 0.200 e. The van der Waals surface area contributed by atoms with Crippen LogP contribution < -0.4 is 0 Å². The summed E-state index contributed by atoms with van der Waals surface area (Å²) in [7, 11) is 3.23. The Kier molecular flexibility index (Phi) is 3.73. The Bertz CT molecular complexity index is 561. The van der Waals surface area contributed by atoms with Crippen LogP contribution in [-0.2, 0) is 19.0 Å². The molecule has 0 aromatic heterocycles. The number of aryl methyl sites for hydroxylation is 3. The van der Waals surface area contributed by atoms with Gasteiger partial charge < -0.3 is 19.0 Å². The lowest BCUT2D eigenvalue weighted by atomic mass is 9.87. The molecule has 0 aliphatic carbocycles. The largest absolute Gasteiger partial charge is 0.386 e. The second-order valence-electron chi connectivity index (χ2n) is 5.69. The second-order valence-corrected chi connectivity index (χ2v) is 5.69. The molecule has 21 heavy (non-hydrogen) atoms. The number of hydrogen-bond acceptors (Lipinski definition) is 5. The van der Waals surface area contributed by atoms with Gasteiger partial charge in [-0.3, -0.25) is 0 Å². The van der Waals surface area contributed by atoms with Gasteiger partial charge in [-0.15, -0.1) is 0 Å². The molecule has 0 saturated carbocycles. The normalized spacial score (nSPS) is 31.0. The van der Waals surface area contributed by atoms with E-state index in [-0.39, 0.29) is 12.0 Å². The minimum Gasteiger partial charge on any atom is -0.386 e. The van der Waals surface area contributed by atoms with Crippen LogP contribution in [0.4, 0.5) is 0 Å². The Morgan fingerprint density at radius 3 is 2.19 bits per heavy atom. The van der Waals surface area contributed by atoms with Crippen molar-refractivity contribution in [3.05, 3.63) is 34.4 Å². The lowest BCUT2D eigenvalue weighted by Crippen LogP contribution is -2.32. The van der Waals surface area contributed by atoms with Crippen LogP contribution in [0.1, 0.15) is 22.3 Å². The van der Waals surface area contributed by atoms with Crippen molar-refractivity contribution in [3.63, 3.8) is 0 Å². The molecule has 2 heterocycles. The molecule has 0 amide bonds. The fraction of sp³-hybridized carbons (Fsp3) is 0.562. The number of oxime groups is 1. The predicted octanol–water partition coefficient (Wildman–Crippen LogP) is 2.31. The van der Waals surface area contributed by atoms with E-state index in [2.05, 4.69) is 38.1 Å². The van der Waals surface area contributed by atoms with E-state index in [1.165, 1.54) is 16.7 Å². The van der Waals surface area contributed by atoms with Crippen LogP contribution in [0.5, 0.6) is 0 Å². The first-order valence-electron chi connectivity index (χ1n) is 7.09. The number of benzene rings is 1. The summed E-state index contributed by atoms with van der Waals surface area (Å²) in [6.45, 7) is 6.28. The number of fused-ring (bicyclic) bond motifs is 1. The van der Waals surface area contributed by atoms with E-state index in [1.54, 1.807) is 14.2 Å². The summed E-state index contributed by atoms with van der Waals surface area (Å²) in [5, 5.41) is 4.31. The Morgan fingerprint density at radius 1 is 1.00 bits per heavy atom. The van der Waals surface area contributed by atoms with Crippen LogP contribution in [0.2, 0.25) is 0 Å². The fourth-order valence-corrected chi connectivity index (χ4v) is 3.38. The fourth-order valence-electron chi connectivity index (χ4n) is 3.38. The van der Waals surface area contributed by atoms with E-state index >= 15 is 0 Å². The van der Waals surface area contributed by atoms with Crippen molar-refractivity contribution in [2.45, 2.75) is 39.5 Å². The van der Waals surface area contributed by atoms with Crippen LogP contribution in [0, 0.1) is 26.7 Å². The zero-order valence-electron chi connectivity index (χ0n) is 13.0. The molecule has 4 atom stereocenters. The minimum atomic E-state index is -0.452. The summed E-state index contributed by atoms with van der Waals surface area (Å²) in [6.07, 6.45) is -1.11. The quantitative estimate of drug-likeness (QED) is 0.857. The Labute approximate surface area is 124 Å². The molecule has 0 radical (unpaired) electrons. The average molecular weight is 291 g/mol. The molecule has 1 fully saturated rings. The first-order valence-corrected chi connectivity index (χ1v) is 7.09. The SMILES string of the molecule is CO[C@H]1O[C@@H](OC)[C@@H]2C(c3c(C)cc(C)cc3C)=NO[C@H]12. The molecule has 1 aromatic carbocycles. The van der Waals surface area contributed by atoms with Crippen molar-refractivity contribution in [2.75, 3.05) is 14.2 Å². The van der Waals surface area contributed by atoms with Gasteiger partial charge in [0.15, 0.2) is 12.4 Å². The molecule has 0 unspecified atom stereocenters. The lowest BCUT2D eigenvalue weighted by Gasteiger charge is -2.18. The highest BCUT2D eigenvalue weighted by molar-refractivity contribution is 6.05. The summed E-state index contributed by atoms with van der Waals surface area (Å²) >= 11 is 0. The maximum atomic E-state index is 5.73. The molecule has 1 saturated heterocycles. The van der Waals surface area contributed by atoms with Crippen LogP contribution in [0.25, 0.3) is 0 Å². The third kappa shape index (κ3) is 2.25. The van der Waals surface area contributed by atoms with Crippen molar-refractivity contribution >= 4 is 5.71 Å². The lowest BCUT2D eigenvalue weighted by molar-refractivity contribution is -0.206. The first-order chi connectivity index (χ1) is 10.1. The van der Waals surface area contributed by atoms with E-state index in [9.17, 15) is 0 Å².